The Morgan fingerprint density at radius 2 is 1.68 bits per heavy atom. The molecular formula is C20H21NO6S. The number of Topliss-reactive ketones (excluding diaryl/α,β-unsaturated/α-hetero) is 1. The van der Waals surface area contributed by atoms with Crippen LogP contribution in [0.15, 0.2) is 53.4 Å². The standard InChI is InChI=1S/C20H21NO6S/c1-26-17-6-4-5-16(13-17)20(23)27-14-19(22)15-7-9-18(10-8-15)28(24,25)21-11-2-3-12-21/h4-10,13H,2-3,11-12,14H2,1H3. The average molecular weight is 403 g/mol. The van der Waals surface area contributed by atoms with Crippen LogP contribution in [0.4, 0.5) is 0 Å². The Labute approximate surface area is 163 Å². The van der Waals surface area contributed by atoms with Gasteiger partial charge in [0.25, 0.3) is 0 Å². The number of benzene rings is 2. The number of hydrogen-bond donors (Lipinski definition) is 0. The Morgan fingerprint density at radius 1 is 1.00 bits per heavy atom. The molecule has 1 aliphatic rings. The van der Waals surface area contributed by atoms with Gasteiger partial charge < -0.3 is 9.47 Å². The zero-order valence-electron chi connectivity index (χ0n) is 15.5. The van der Waals surface area contributed by atoms with Crippen LogP contribution in [0.5, 0.6) is 5.75 Å². The molecule has 1 heterocycles. The maximum atomic E-state index is 12.5. The second-order valence-corrected chi connectivity index (χ2v) is 8.30. The van der Waals surface area contributed by atoms with Crippen molar-refractivity contribution in [3.8, 4) is 5.75 Å². The molecule has 0 unspecified atom stereocenters. The summed E-state index contributed by atoms with van der Waals surface area (Å²) in [5.74, 6) is -0.544. The number of ketones is 1. The van der Waals surface area contributed by atoms with Gasteiger partial charge in [-0.25, -0.2) is 13.2 Å². The summed E-state index contributed by atoms with van der Waals surface area (Å²) >= 11 is 0. The molecule has 8 heteroatoms. The summed E-state index contributed by atoms with van der Waals surface area (Å²) < 4.78 is 36.5. The second kappa shape index (κ2) is 8.53. The molecule has 0 amide bonds. The number of carbonyl (C=O) groups excluding carboxylic acids is 2. The molecule has 7 nitrogen and oxygen atoms in total. The topological polar surface area (TPSA) is 90.0 Å². The Bertz CT molecular complexity index is 962. The van der Waals surface area contributed by atoms with E-state index in [1.807, 2.05) is 0 Å². The number of sulfonamides is 1. The van der Waals surface area contributed by atoms with Gasteiger partial charge in [0.2, 0.25) is 10.0 Å². The number of rotatable bonds is 7. The predicted molar refractivity (Wildman–Crippen MR) is 102 cm³/mol. The van der Waals surface area contributed by atoms with E-state index in [2.05, 4.69) is 0 Å². The molecule has 0 atom stereocenters. The van der Waals surface area contributed by atoms with Gasteiger partial charge in [-0.15, -0.1) is 0 Å². The van der Waals surface area contributed by atoms with Gasteiger partial charge in [-0.1, -0.05) is 6.07 Å². The Morgan fingerprint density at radius 3 is 2.32 bits per heavy atom. The molecule has 1 aliphatic heterocycles. The fraction of sp³-hybridized carbons (Fsp3) is 0.300. The fourth-order valence-electron chi connectivity index (χ4n) is 2.94. The van der Waals surface area contributed by atoms with Crippen molar-refractivity contribution in [2.45, 2.75) is 17.7 Å². The highest BCUT2D eigenvalue weighted by Gasteiger charge is 2.27. The lowest BCUT2D eigenvalue weighted by Crippen LogP contribution is -2.27. The van der Waals surface area contributed by atoms with Crippen molar-refractivity contribution < 1.29 is 27.5 Å². The molecule has 1 fully saturated rings. The minimum atomic E-state index is -3.52. The molecule has 0 radical (unpaired) electrons. The lowest BCUT2D eigenvalue weighted by molar-refractivity contribution is 0.0474. The van der Waals surface area contributed by atoms with Gasteiger partial charge >= 0.3 is 5.97 Å². The summed E-state index contributed by atoms with van der Waals surface area (Å²) in [6.45, 7) is 0.598. The van der Waals surface area contributed by atoms with E-state index in [1.54, 1.807) is 18.2 Å². The SMILES string of the molecule is COc1cccc(C(=O)OCC(=O)c2ccc(S(=O)(=O)N3CCCC3)cc2)c1. The number of carbonyl (C=O) groups is 2. The monoisotopic (exact) mass is 403 g/mol. The van der Waals surface area contributed by atoms with Gasteiger partial charge in [-0.3, -0.25) is 4.79 Å². The van der Waals surface area contributed by atoms with E-state index in [-0.39, 0.29) is 16.0 Å². The zero-order valence-corrected chi connectivity index (χ0v) is 16.3. The van der Waals surface area contributed by atoms with Crippen LogP contribution in [-0.4, -0.2) is 51.3 Å². The molecule has 3 rings (SSSR count). The van der Waals surface area contributed by atoms with Crippen LogP contribution in [0, 0.1) is 0 Å². The van der Waals surface area contributed by atoms with E-state index < -0.39 is 28.4 Å². The second-order valence-electron chi connectivity index (χ2n) is 6.37. The first kappa shape index (κ1) is 20.0. The third kappa shape index (κ3) is 4.40. The summed E-state index contributed by atoms with van der Waals surface area (Å²) in [7, 11) is -2.04. The summed E-state index contributed by atoms with van der Waals surface area (Å²) in [5, 5.41) is 0. The van der Waals surface area contributed by atoms with Crippen LogP contribution in [0.3, 0.4) is 0 Å². The first-order valence-electron chi connectivity index (χ1n) is 8.86. The quantitative estimate of drug-likeness (QED) is 0.521. The third-order valence-corrected chi connectivity index (χ3v) is 6.43. The number of hydrogen-bond acceptors (Lipinski definition) is 6. The fourth-order valence-corrected chi connectivity index (χ4v) is 4.46. The zero-order chi connectivity index (χ0) is 20.1. The van der Waals surface area contributed by atoms with Gasteiger partial charge in [0.15, 0.2) is 12.4 Å². The van der Waals surface area contributed by atoms with E-state index in [0.717, 1.165) is 12.8 Å². The Hall–Kier alpha value is -2.71. The normalized spacial score (nSPS) is 14.6. The molecule has 2 aromatic carbocycles. The highest BCUT2D eigenvalue weighted by atomic mass is 32.2. The van der Waals surface area contributed by atoms with Gasteiger partial charge in [0.05, 0.1) is 17.6 Å². The van der Waals surface area contributed by atoms with E-state index in [0.29, 0.717) is 18.8 Å². The van der Waals surface area contributed by atoms with Crippen molar-refractivity contribution in [1.82, 2.24) is 4.31 Å². The minimum Gasteiger partial charge on any atom is -0.497 e. The van der Waals surface area contributed by atoms with E-state index in [9.17, 15) is 18.0 Å². The first-order chi connectivity index (χ1) is 13.4. The van der Waals surface area contributed by atoms with Crippen molar-refractivity contribution in [3.63, 3.8) is 0 Å². The van der Waals surface area contributed by atoms with E-state index >= 15 is 0 Å². The summed E-state index contributed by atoms with van der Waals surface area (Å²) in [6, 6.07) is 12.1. The highest BCUT2D eigenvalue weighted by Crippen LogP contribution is 2.21. The van der Waals surface area contributed by atoms with E-state index in [4.69, 9.17) is 9.47 Å². The van der Waals surface area contributed by atoms with Crippen LogP contribution < -0.4 is 4.74 Å². The molecule has 148 valence electrons. The first-order valence-corrected chi connectivity index (χ1v) is 10.3. The highest BCUT2D eigenvalue weighted by molar-refractivity contribution is 7.89. The molecular weight excluding hydrogens is 382 g/mol. The van der Waals surface area contributed by atoms with Crippen molar-refractivity contribution in [1.29, 1.82) is 0 Å². The van der Waals surface area contributed by atoms with Crippen LogP contribution in [0.2, 0.25) is 0 Å². The van der Waals surface area contributed by atoms with Gasteiger partial charge in [0, 0.05) is 18.7 Å². The molecule has 0 N–H and O–H groups in total. The maximum Gasteiger partial charge on any atom is 0.338 e. The smallest absolute Gasteiger partial charge is 0.338 e. The number of methoxy groups -OCH3 is 1. The van der Waals surface area contributed by atoms with Crippen LogP contribution in [0.25, 0.3) is 0 Å². The third-order valence-electron chi connectivity index (χ3n) is 4.52. The minimum absolute atomic E-state index is 0.152. The number of ether oxygens (including phenoxy) is 2. The van der Waals surface area contributed by atoms with E-state index in [1.165, 1.54) is 41.7 Å². The molecule has 0 aliphatic carbocycles. The van der Waals surface area contributed by atoms with Crippen LogP contribution >= 0.6 is 0 Å². The molecule has 0 aromatic heterocycles. The lowest BCUT2D eigenvalue weighted by atomic mass is 10.1. The molecule has 0 bridgehead atoms. The number of nitrogens with zero attached hydrogens (tertiary/aromatic N) is 1. The predicted octanol–water partition coefficient (Wildman–Crippen LogP) is 2.52. The van der Waals surface area contributed by atoms with Gasteiger partial charge in [-0.2, -0.15) is 4.31 Å². The summed E-state index contributed by atoms with van der Waals surface area (Å²) in [6.07, 6.45) is 1.71. The molecule has 0 spiro atoms. The molecule has 2 aromatic rings. The van der Waals surface area contributed by atoms with Crippen LogP contribution in [0.1, 0.15) is 33.6 Å². The Balaban J connectivity index is 1.62. The van der Waals surface area contributed by atoms with Crippen molar-refractivity contribution in [2.24, 2.45) is 0 Å². The van der Waals surface area contributed by atoms with Crippen molar-refractivity contribution in [2.75, 3.05) is 26.8 Å². The molecule has 1 saturated heterocycles. The van der Waals surface area contributed by atoms with Crippen molar-refractivity contribution >= 4 is 21.8 Å². The summed E-state index contributed by atoms with van der Waals surface area (Å²) in [5.41, 5.74) is 0.554. The number of esters is 1. The molecule has 0 saturated carbocycles. The maximum absolute atomic E-state index is 12.5. The van der Waals surface area contributed by atoms with Gasteiger partial charge in [0.1, 0.15) is 5.75 Å². The largest absolute Gasteiger partial charge is 0.497 e. The lowest BCUT2D eigenvalue weighted by Gasteiger charge is -2.15. The average Bonchev–Trinajstić information content (AvgIpc) is 3.27. The molecule has 28 heavy (non-hydrogen) atoms. The van der Waals surface area contributed by atoms with Crippen molar-refractivity contribution in [3.05, 3.63) is 59.7 Å². The van der Waals surface area contributed by atoms with Crippen LogP contribution in [-0.2, 0) is 14.8 Å². The Kier molecular flexibility index (Phi) is 6.11. The van der Waals surface area contributed by atoms with Gasteiger partial charge in [-0.05, 0) is 55.3 Å². The summed E-state index contributed by atoms with van der Waals surface area (Å²) in [4.78, 5) is 24.5.